The van der Waals surface area contributed by atoms with E-state index in [0.717, 1.165) is 34.5 Å². The molecule has 100 valence electrons. The highest BCUT2D eigenvalue weighted by atomic mass is 79.9. The van der Waals surface area contributed by atoms with Gasteiger partial charge in [-0.25, -0.2) is 0 Å². The van der Waals surface area contributed by atoms with Crippen molar-refractivity contribution in [2.45, 2.75) is 19.4 Å². The van der Waals surface area contributed by atoms with E-state index < -0.39 is 0 Å². The summed E-state index contributed by atoms with van der Waals surface area (Å²) in [7, 11) is 0. The van der Waals surface area contributed by atoms with Crippen LogP contribution in [-0.4, -0.2) is 11.6 Å². The first-order valence-electron chi connectivity index (χ1n) is 6.30. The average Bonchev–Trinajstić information content (AvgIpc) is 2.46. The van der Waals surface area contributed by atoms with Crippen LogP contribution in [-0.2, 0) is 0 Å². The molecule has 0 amide bonds. The molecule has 19 heavy (non-hydrogen) atoms. The number of benzene rings is 1. The van der Waals surface area contributed by atoms with Crippen LogP contribution >= 0.6 is 15.9 Å². The van der Waals surface area contributed by atoms with E-state index >= 15 is 0 Å². The average molecular weight is 321 g/mol. The molecule has 0 bridgehead atoms. The Kier molecular flexibility index (Phi) is 4.93. The largest absolute Gasteiger partial charge is 0.494 e. The van der Waals surface area contributed by atoms with Gasteiger partial charge in [-0.3, -0.25) is 4.98 Å². The molecule has 0 saturated carbocycles. The lowest BCUT2D eigenvalue weighted by Gasteiger charge is -2.12. The predicted molar refractivity (Wildman–Crippen MR) is 80.2 cm³/mol. The van der Waals surface area contributed by atoms with E-state index in [2.05, 4.69) is 27.8 Å². The molecule has 0 fully saturated rings. The minimum absolute atomic E-state index is 0.215. The lowest BCUT2D eigenvalue weighted by atomic mass is 10.0. The molecule has 1 unspecified atom stereocenters. The van der Waals surface area contributed by atoms with E-state index in [1.165, 1.54) is 0 Å². The zero-order valence-electron chi connectivity index (χ0n) is 10.8. The number of aromatic nitrogens is 1. The van der Waals surface area contributed by atoms with Crippen LogP contribution in [0.4, 0.5) is 0 Å². The standard InChI is InChI=1S/C15H17BrN2O/c1-2-9-19-13-6-3-11(4-7-13)15(17)14-8-5-12(16)10-18-14/h3-8,10,15H,2,9,17H2,1H3. The Hall–Kier alpha value is -1.39. The summed E-state index contributed by atoms with van der Waals surface area (Å²) in [6.07, 6.45) is 2.76. The van der Waals surface area contributed by atoms with Gasteiger partial charge in [-0.2, -0.15) is 0 Å². The molecule has 2 aromatic rings. The second-order valence-electron chi connectivity index (χ2n) is 4.30. The Morgan fingerprint density at radius 2 is 1.95 bits per heavy atom. The molecule has 0 aliphatic rings. The summed E-state index contributed by atoms with van der Waals surface area (Å²) in [5, 5.41) is 0. The van der Waals surface area contributed by atoms with Gasteiger partial charge in [0.25, 0.3) is 0 Å². The number of nitrogens with zero attached hydrogens (tertiary/aromatic N) is 1. The van der Waals surface area contributed by atoms with Crippen LogP contribution in [0.2, 0.25) is 0 Å². The Bertz CT molecular complexity index is 511. The van der Waals surface area contributed by atoms with Crippen LogP contribution in [0.15, 0.2) is 47.1 Å². The first-order chi connectivity index (χ1) is 9.20. The van der Waals surface area contributed by atoms with Crippen molar-refractivity contribution in [3.05, 3.63) is 58.3 Å². The number of pyridine rings is 1. The Morgan fingerprint density at radius 1 is 1.21 bits per heavy atom. The van der Waals surface area contributed by atoms with Crippen LogP contribution in [0.25, 0.3) is 0 Å². The summed E-state index contributed by atoms with van der Waals surface area (Å²) in [6, 6.07) is 11.5. The minimum Gasteiger partial charge on any atom is -0.494 e. The van der Waals surface area contributed by atoms with Crippen LogP contribution in [0.1, 0.15) is 30.6 Å². The third kappa shape index (κ3) is 3.78. The molecule has 0 radical (unpaired) electrons. The number of halogens is 1. The molecule has 1 aromatic carbocycles. The van der Waals surface area contributed by atoms with E-state index in [1.807, 2.05) is 36.4 Å². The quantitative estimate of drug-likeness (QED) is 0.914. The number of nitrogens with two attached hydrogens (primary N) is 1. The summed E-state index contributed by atoms with van der Waals surface area (Å²) >= 11 is 3.36. The van der Waals surface area contributed by atoms with Crippen molar-refractivity contribution in [2.24, 2.45) is 5.73 Å². The fourth-order valence-corrected chi connectivity index (χ4v) is 1.97. The van der Waals surface area contributed by atoms with Crippen LogP contribution < -0.4 is 10.5 Å². The molecule has 1 atom stereocenters. The second-order valence-corrected chi connectivity index (χ2v) is 5.21. The van der Waals surface area contributed by atoms with Crippen molar-refractivity contribution in [2.75, 3.05) is 6.61 Å². The van der Waals surface area contributed by atoms with E-state index in [1.54, 1.807) is 6.20 Å². The second kappa shape index (κ2) is 6.68. The van der Waals surface area contributed by atoms with Gasteiger partial charge in [-0.05, 0) is 52.2 Å². The Morgan fingerprint density at radius 3 is 2.53 bits per heavy atom. The maximum atomic E-state index is 6.20. The van der Waals surface area contributed by atoms with Crippen molar-refractivity contribution in [3.8, 4) is 5.75 Å². The maximum Gasteiger partial charge on any atom is 0.119 e. The zero-order valence-corrected chi connectivity index (χ0v) is 12.4. The monoisotopic (exact) mass is 320 g/mol. The fourth-order valence-electron chi connectivity index (χ4n) is 1.73. The SMILES string of the molecule is CCCOc1ccc(C(N)c2ccc(Br)cn2)cc1. The Balaban J connectivity index is 2.10. The molecule has 0 saturated heterocycles. The molecular formula is C15H17BrN2O. The van der Waals surface area contributed by atoms with E-state index in [-0.39, 0.29) is 6.04 Å². The zero-order chi connectivity index (χ0) is 13.7. The summed E-state index contributed by atoms with van der Waals surface area (Å²) in [6.45, 7) is 2.82. The summed E-state index contributed by atoms with van der Waals surface area (Å²) < 4.78 is 6.50. The van der Waals surface area contributed by atoms with Crippen LogP contribution in [0.3, 0.4) is 0 Å². The van der Waals surface area contributed by atoms with Gasteiger partial charge in [0.05, 0.1) is 18.3 Å². The van der Waals surface area contributed by atoms with Crippen LogP contribution in [0.5, 0.6) is 5.75 Å². The van der Waals surface area contributed by atoms with Crippen molar-refractivity contribution in [3.63, 3.8) is 0 Å². The predicted octanol–water partition coefficient (Wildman–Crippen LogP) is 3.68. The first-order valence-corrected chi connectivity index (χ1v) is 7.10. The van der Waals surface area contributed by atoms with Crippen molar-refractivity contribution >= 4 is 15.9 Å². The molecule has 2 N–H and O–H groups in total. The number of ether oxygens (including phenoxy) is 1. The summed E-state index contributed by atoms with van der Waals surface area (Å²) in [5.74, 6) is 0.876. The molecule has 2 rings (SSSR count). The lowest BCUT2D eigenvalue weighted by molar-refractivity contribution is 0.317. The van der Waals surface area contributed by atoms with Gasteiger partial charge in [0.15, 0.2) is 0 Å². The molecule has 3 nitrogen and oxygen atoms in total. The number of rotatable bonds is 5. The highest BCUT2D eigenvalue weighted by molar-refractivity contribution is 9.10. The first kappa shape index (κ1) is 14.0. The molecule has 0 aliphatic heterocycles. The highest BCUT2D eigenvalue weighted by Crippen LogP contribution is 2.21. The van der Waals surface area contributed by atoms with Gasteiger partial charge in [-0.15, -0.1) is 0 Å². The number of hydrogen-bond acceptors (Lipinski definition) is 3. The van der Waals surface area contributed by atoms with Gasteiger partial charge >= 0.3 is 0 Å². The van der Waals surface area contributed by atoms with E-state index in [0.29, 0.717) is 0 Å². The topological polar surface area (TPSA) is 48.1 Å². The normalized spacial score (nSPS) is 12.2. The van der Waals surface area contributed by atoms with Gasteiger partial charge in [0, 0.05) is 10.7 Å². The van der Waals surface area contributed by atoms with Crippen molar-refractivity contribution in [1.29, 1.82) is 0 Å². The van der Waals surface area contributed by atoms with Gasteiger partial charge in [0.1, 0.15) is 5.75 Å². The molecular weight excluding hydrogens is 304 g/mol. The minimum atomic E-state index is -0.215. The lowest BCUT2D eigenvalue weighted by Crippen LogP contribution is -2.13. The molecule has 4 heteroatoms. The van der Waals surface area contributed by atoms with Crippen LogP contribution in [0, 0.1) is 0 Å². The summed E-state index contributed by atoms with van der Waals surface area (Å²) in [5.41, 5.74) is 8.08. The third-order valence-electron chi connectivity index (χ3n) is 2.78. The third-order valence-corrected chi connectivity index (χ3v) is 3.25. The molecule has 1 aromatic heterocycles. The van der Waals surface area contributed by atoms with Crippen molar-refractivity contribution < 1.29 is 4.74 Å². The Labute approximate surface area is 121 Å². The maximum absolute atomic E-state index is 6.20. The molecule has 0 spiro atoms. The molecule has 0 aliphatic carbocycles. The van der Waals surface area contributed by atoms with Gasteiger partial charge in [0.2, 0.25) is 0 Å². The van der Waals surface area contributed by atoms with Crippen molar-refractivity contribution in [1.82, 2.24) is 4.98 Å². The summed E-state index contributed by atoms with van der Waals surface area (Å²) in [4.78, 5) is 4.32. The number of hydrogen-bond donors (Lipinski definition) is 1. The van der Waals surface area contributed by atoms with Gasteiger partial charge < -0.3 is 10.5 Å². The highest BCUT2D eigenvalue weighted by Gasteiger charge is 2.10. The van der Waals surface area contributed by atoms with E-state index in [9.17, 15) is 0 Å². The van der Waals surface area contributed by atoms with Gasteiger partial charge in [-0.1, -0.05) is 19.1 Å². The smallest absolute Gasteiger partial charge is 0.119 e. The van der Waals surface area contributed by atoms with E-state index in [4.69, 9.17) is 10.5 Å². The molecule has 1 heterocycles. The fraction of sp³-hybridized carbons (Fsp3) is 0.267.